The summed E-state index contributed by atoms with van der Waals surface area (Å²) >= 11 is 0. The molecule has 0 unspecified atom stereocenters. The van der Waals surface area contributed by atoms with Crippen LogP contribution in [0, 0.1) is 18.3 Å². The van der Waals surface area contributed by atoms with Gasteiger partial charge in [0.25, 0.3) is 0 Å². The average molecular weight is 269 g/mol. The van der Waals surface area contributed by atoms with Crippen LogP contribution in [-0.4, -0.2) is 28.2 Å². The molecule has 6 nitrogen and oxygen atoms in total. The number of carboxylic acids is 1. The summed E-state index contributed by atoms with van der Waals surface area (Å²) in [4.78, 5) is 19.2. The van der Waals surface area contributed by atoms with Crippen LogP contribution in [0.25, 0.3) is 11.1 Å². The lowest BCUT2D eigenvalue weighted by Crippen LogP contribution is -2.03. The Morgan fingerprint density at radius 1 is 1.30 bits per heavy atom. The van der Waals surface area contributed by atoms with Crippen molar-refractivity contribution in [2.24, 2.45) is 0 Å². The van der Waals surface area contributed by atoms with Gasteiger partial charge in [-0.2, -0.15) is 5.26 Å². The molecular weight excluding hydrogens is 258 g/mol. The Morgan fingerprint density at radius 2 is 2.05 bits per heavy atom. The summed E-state index contributed by atoms with van der Waals surface area (Å²) in [7, 11) is 1.46. The van der Waals surface area contributed by atoms with Crippen molar-refractivity contribution in [3.05, 3.63) is 41.5 Å². The molecule has 0 radical (unpaired) electrons. The van der Waals surface area contributed by atoms with Crippen molar-refractivity contribution in [1.29, 1.82) is 5.26 Å². The molecule has 0 bridgehead atoms. The molecule has 2 aromatic rings. The number of nitrogens with zero attached hydrogens (tertiary/aromatic N) is 3. The van der Waals surface area contributed by atoms with E-state index in [9.17, 15) is 9.90 Å². The summed E-state index contributed by atoms with van der Waals surface area (Å²) in [5.41, 5.74) is 1.85. The minimum atomic E-state index is -1.09. The van der Waals surface area contributed by atoms with Crippen molar-refractivity contribution < 1.29 is 14.6 Å². The molecule has 0 aliphatic rings. The highest BCUT2D eigenvalue weighted by Gasteiger charge is 2.17. The van der Waals surface area contributed by atoms with Crippen LogP contribution in [0.2, 0.25) is 0 Å². The molecule has 0 saturated heterocycles. The Labute approximate surface area is 115 Å². The molecule has 2 heterocycles. The summed E-state index contributed by atoms with van der Waals surface area (Å²) in [5, 5.41) is 18.2. The maximum atomic E-state index is 11.3. The molecule has 0 aliphatic heterocycles. The van der Waals surface area contributed by atoms with Gasteiger partial charge < -0.3 is 9.84 Å². The van der Waals surface area contributed by atoms with Gasteiger partial charge in [0.15, 0.2) is 0 Å². The molecule has 0 aromatic carbocycles. The zero-order valence-electron chi connectivity index (χ0n) is 10.9. The van der Waals surface area contributed by atoms with Crippen molar-refractivity contribution in [1.82, 2.24) is 9.97 Å². The lowest BCUT2D eigenvalue weighted by atomic mass is 10.00. The van der Waals surface area contributed by atoms with E-state index in [1.165, 1.54) is 25.6 Å². The second-order valence-corrected chi connectivity index (χ2v) is 4.06. The lowest BCUT2D eigenvalue weighted by Gasteiger charge is -2.11. The van der Waals surface area contributed by atoms with Crippen LogP contribution in [-0.2, 0) is 0 Å². The number of carboxylic acid groups (broad SMARTS) is 1. The molecule has 0 aliphatic carbocycles. The van der Waals surface area contributed by atoms with E-state index in [0.29, 0.717) is 22.6 Å². The zero-order chi connectivity index (χ0) is 14.7. The van der Waals surface area contributed by atoms with Gasteiger partial charge in [0, 0.05) is 23.0 Å². The number of aryl methyl sites for hydroxylation is 1. The average Bonchev–Trinajstić information content (AvgIpc) is 2.46. The third kappa shape index (κ3) is 2.42. The van der Waals surface area contributed by atoms with Crippen molar-refractivity contribution in [2.45, 2.75) is 6.92 Å². The maximum absolute atomic E-state index is 11.3. The van der Waals surface area contributed by atoms with E-state index in [0.717, 1.165) is 0 Å². The molecule has 2 aromatic heterocycles. The number of carbonyl (C=O) groups is 1. The minimum absolute atomic E-state index is 0.0454. The van der Waals surface area contributed by atoms with Gasteiger partial charge in [0.1, 0.15) is 17.5 Å². The van der Waals surface area contributed by atoms with Crippen LogP contribution < -0.4 is 4.74 Å². The molecule has 6 heteroatoms. The fourth-order valence-corrected chi connectivity index (χ4v) is 1.83. The molecule has 2 rings (SSSR count). The Morgan fingerprint density at radius 3 is 2.65 bits per heavy atom. The molecule has 0 atom stereocenters. The second-order valence-electron chi connectivity index (χ2n) is 4.06. The number of ether oxygens (including phenoxy) is 1. The van der Waals surface area contributed by atoms with Crippen LogP contribution in [0.4, 0.5) is 0 Å². The molecule has 0 saturated carbocycles. The van der Waals surface area contributed by atoms with Crippen molar-refractivity contribution in [2.75, 3.05) is 7.11 Å². The number of aromatic carboxylic acids is 1. The van der Waals surface area contributed by atoms with Gasteiger partial charge in [-0.05, 0) is 19.1 Å². The number of methoxy groups -OCH3 is 1. The van der Waals surface area contributed by atoms with Crippen LogP contribution in [0.1, 0.15) is 21.7 Å². The number of pyridine rings is 2. The first-order valence-corrected chi connectivity index (χ1v) is 5.71. The van der Waals surface area contributed by atoms with Crippen LogP contribution >= 0.6 is 0 Å². The Balaban J connectivity index is 2.76. The first kappa shape index (κ1) is 13.5. The Bertz CT molecular complexity index is 720. The highest BCUT2D eigenvalue weighted by molar-refractivity contribution is 5.96. The predicted octanol–water partition coefficient (Wildman–Crippen LogP) is 2.03. The van der Waals surface area contributed by atoms with Crippen molar-refractivity contribution in [3.8, 4) is 22.9 Å². The first-order chi connectivity index (χ1) is 9.56. The van der Waals surface area contributed by atoms with Gasteiger partial charge in [-0.15, -0.1) is 0 Å². The summed E-state index contributed by atoms with van der Waals surface area (Å²) in [6, 6.07) is 5.06. The summed E-state index contributed by atoms with van der Waals surface area (Å²) in [6.45, 7) is 1.76. The summed E-state index contributed by atoms with van der Waals surface area (Å²) < 4.78 is 5.19. The first-order valence-electron chi connectivity index (χ1n) is 5.71. The minimum Gasteiger partial charge on any atom is -0.494 e. The number of aromatic nitrogens is 2. The van der Waals surface area contributed by atoms with Gasteiger partial charge in [0.05, 0.1) is 18.9 Å². The SMILES string of the molecule is COc1cnc(C#N)cc1-c1cc(C)ncc1C(=O)O. The van der Waals surface area contributed by atoms with Gasteiger partial charge in [0.2, 0.25) is 0 Å². The van der Waals surface area contributed by atoms with E-state index in [4.69, 9.17) is 10.00 Å². The van der Waals surface area contributed by atoms with Crippen LogP contribution in [0.5, 0.6) is 5.75 Å². The lowest BCUT2D eigenvalue weighted by molar-refractivity contribution is 0.0697. The highest BCUT2D eigenvalue weighted by atomic mass is 16.5. The normalized spacial score (nSPS) is 9.85. The topological polar surface area (TPSA) is 96.1 Å². The number of nitriles is 1. The van der Waals surface area contributed by atoms with Crippen molar-refractivity contribution in [3.63, 3.8) is 0 Å². The van der Waals surface area contributed by atoms with Crippen molar-refractivity contribution >= 4 is 5.97 Å². The van der Waals surface area contributed by atoms with E-state index in [-0.39, 0.29) is 11.3 Å². The largest absolute Gasteiger partial charge is 0.494 e. The molecular formula is C14H11N3O3. The van der Waals surface area contributed by atoms with Crippen LogP contribution in [0.15, 0.2) is 24.5 Å². The summed E-state index contributed by atoms with van der Waals surface area (Å²) in [5.74, 6) is -0.693. The van der Waals surface area contributed by atoms with E-state index >= 15 is 0 Å². The van der Waals surface area contributed by atoms with E-state index in [1.807, 2.05) is 6.07 Å². The van der Waals surface area contributed by atoms with E-state index in [2.05, 4.69) is 9.97 Å². The standard InChI is InChI=1S/C14H11N3O3/c1-8-3-10(12(6-16-8)14(18)19)11-4-9(5-15)17-7-13(11)20-2/h3-4,6-7H,1-2H3,(H,18,19). The Kier molecular flexibility index (Phi) is 3.62. The molecule has 100 valence electrons. The fraction of sp³-hybridized carbons (Fsp3) is 0.143. The van der Waals surface area contributed by atoms with Gasteiger partial charge in [-0.3, -0.25) is 4.98 Å². The molecule has 1 N–H and O–H groups in total. The fourth-order valence-electron chi connectivity index (χ4n) is 1.83. The zero-order valence-corrected chi connectivity index (χ0v) is 10.9. The van der Waals surface area contributed by atoms with E-state index in [1.54, 1.807) is 13.0 Å². The number of hydrogen-bond acceptors (Lipinski definition) is 5. The highest BCUT2D eigenvalue weighted by Crippen LogP contribution is 2.32. The van der Waals surface area contributed by atoms with E-state index < -0.39 is 5.97 Å². The molecule has 0 spiro atoms. The molecule has 0 amide bonds. The summed E-state index contributed by atoms with van der Waals surface area (Å²) in [6.07, 6.45) is 2.69. The Hall–Kier alpha value is -2.94. The quantitative estimate of drug-likeness (QED) is 0.915. The maximum Gasteiger partial charge on any atom is 0.337 e. The smallest absolute Gasteiger partial charge is 0.337 e. The van der Waals surface area contributed by atoms with Crippen LogP contribution in [0.3, 0.4) is 0 Å². The molecule has 20 heavy (non-hydrogen) atoms. The number of rotatable bonds is 3. The van der Waals surface area contributed by atoms with Gasteiger partial charge >= 0.3 is 5.97 Å². The molecule has 0 fully saturated rings. The van der Waals surface area contributed by atoms with Gasteiger partial charge in [-0.25, -0.2) is 9.78 Å². The monoisotopic (exact) mass is 269 g/mol. The van der Waals surface area contributed by atoms with Gasteiger partial charge in [-0.1, -0.05) is 0 Å². The second kappa shape index (κ2) is 5.36. The third-order valence-corrected chi connectivity index (χ3v) is 2.76. The predicted molar refractivity (Wildman–Crippen MR) is 70.4 cm³/mol. The third-order valence-electron chi connectivity index (χ3n) is 2.76. The number of hydrogen-bond donors (Lipinski definition) is 1.